The summed E-state index contributed by atoms with van der Waals surface area (Å²) in [5.74, 6) is 0. The monoisotopic (exact) mass is 298 g/mol. The maximum absolute atomic E-state index is 3.52. The van der Waals surface area contributed by atoms with Gasteiger partial charge in [0.1, 0.15) is 0 Å². The van der Waals surface area contributed by atoms with E-state index in [4.69, 9.17) is 0 Å². The summed E-state index contributed by atoms with van der Waals surface area (Å²) >= 11 is 3.45. The van der Waals surface area contributed by atoms with E-state index in [9.17, 15) is 0 Å². The van der Waals surface area contributed by atoms with Crippen LogP contribution >= 0.6 is 15.9 Å². The van der Waals surface area contributed by atoms with Crippen molar-refractivity contribution < 1.29 is 0 Å². The second-order valence-electron chi connectivity index (χ2n) is 5.63. The van der Waals surface area contributed by atoms with Crippen LogP contribution in [0.1, 0.15) is 19.4 Å². The van der Waals surface area contributed by atoms with Crippen LogP contribution in [-0.4, -0.2) is 32.1 Å². The molecule has 3 heteroatoms. The lowest BCUT2D eigenvalue weighted by atomic mass is 9.93. The first-order chi connectivity index (χ1) is 7.89. The lowest BCUT2D eigenvalue weighted by Gasteiger charge is -2.28. The highest BCUT2D eigenvalue weighted by Crippen LogP contribution is 2.15. The average molecular weight is 299 g/mol. The van der Waals surface area contributed by atoms with Crippen LogP contribution in [0, 0.1) is 5.41 Å². The van der Waals surface area contributed by atoms with E-state index in [1.54, 1.807) is 0 Å². The molecular formula is C14H23BrN2. The van der Waals surface area contributed by atoms with Gasteiger partial charge in [-0.25, -0.2) is 0 Å². The molecule has 1 N–H and O–H groups in total. The number of nitrogens with one attached hydrogen (secondary N) is 1. The van der Waals surface area contributed by atoms with Crippen molar-refractivity contribution in [1.82, 2.24) is 10.2 Å². The van der Waals surface area contributed by atoms with Gasteiger partial charge in [-0.05, 0) is 37.2 Å². The Kier molecular flexibility index (Phi) is 5.63. The second kappa shape index (κ2) is 6.53. The SMILES string of the molecule is CN(C)CC(C)(C)CNCc1ccc(Br)cc1. The summed E-state index contributed by atoms with van der Waals surface area (Å²) in [6.07, 6.45) is 0. The molecule has 0 aliphatic carbocycles. The lowest BCUT2D eigenvalue weighted by molar-refractivity contribution is 0.232. The Hall–Kier alpha value is -0.380. The molecule has 0 aliphatic heterocycles. The smallest absolute Gasteiger partial charge is 0.0205 e. The number of nitrogens with zero attached hydrogens (tertiary/aromatic N) is 1. The lowest BCUT2D eigenvalue weighted by Crippen LogP contribution is -2.37. The van der Waals surface area contributed by atoms with E-state index in [0.29, 0.717) is 5.41 Å². The van der Waals surface area contributed by atoms with E-state index in [-0.39, 0.29) is 0 Å². The molecule has 0 unspecified atom stereocenters. The zero-order valence-electron chi connectivity index (χ0n) is 11.3. The molecule has 0 aliphatic rings. The number of halogens is 1. The Morgan fingerprint density at radius 1 is 1.18 bits per heavy atom. The van der Waals surface area contributed by atoms with Gasteiger partial charge in [0.2, 0.25) is 0 Å². The molecule has 0 heterocycles. The molecule has 0 bridgehead atoms. The van der Waals surface area contributed by atoms with Gasteiger partial charge >= 0.3 is 0 Å². The maximum Gasteiger partial charge on any atom is 0.0205 e. The minimum atomic E-state index is 0.304. The van der Waals surface area contributed by atoms with Gasteiger partial charge in [0.15, 0.2) is 0 Å². The molecule has 1 rings (SSSR count). The van der Waals surface area contributed by atoms with Gasteiger partial charge < -0.3 is 10.2 Å². The summed E-state index contributed by atoms with van der Waals surface area (Å²) in [5, 5.41) is 3.52. The quantitative estimate of drug-likeness (QED) is 0.868. The second-order valence-corrected chi connectivity index (χ2v) is 6.55. The number of hydrogen-bond acceptors (Lipinski definition) is 2. The van der Waals surface area contributed by atoms with Gasteiger partial charge in [-0.1, -0.05) is 41.9 Å². The molecule has 0 atom stereocenters. The van der Waals surface area contributed by atoms with Gasteiger partial charge in [0.25, 0.3) is 0 Å². The number of benzene rings is 1. The standard InChI is InChI=1S/C14H23BrN2/c1-14(2,11-17(3)4)10-16-9-12-5-7-13(15)8-6-12/h5-8,16H,9-11H2,1-4H3. The highest BCUT2D eigenvalue weighted by Gasteiger charge is 2.17. The van der Waals surface area contributed by atoms with Crippen LogP contribution in [0.15, 0.2) is 28.7 Å². The molecule has 0 fully saturated rings. The minimum Gasteiger partial charge on any atom is -0.312 e. The molecule has 0 amide bonds. The van der Waals surface area contributed by atoms with Gasteiger partial charge in [-0.3, -0.25) is 0 Å². The third-order valence-corrected chi connectivity index (χ3v) is 3.12. The molecule has 1 aromatic carbocycles. The van der Waals surface area contributed by atoms with Crippen molar-refractivity contribution in [3.63, 3.8) is 0 Å². The highest BCUT2D eigenvalue weighted by atomic mass is 79.9. The summed E-state index contributed by atoms with van der Waals surface area (Å²) in [7, 11) is 4.24. The Labute approximate surface area is 114 Å². The Morgan fingerprint density at radius 3 is 2.29 bits per heavy atom. The molecule has 96 valence electrons. The first-order valence-electron chi connectivity index (χ1n) is 5.99. The van der Waals surface area contributed by atoms with Crippen LogP contribution < -0.4 is 5.32 Å². The third-order valence-electron chi connectivity index (χ3n) is 2.59. The van der Waals surface area contributed by atoms with E-state index in [0.717, 1.165) is 24.1 Å². The van der Waals surface area contributed by atoms with Crippen LogP contribution in [0.5, 0.6) is 0 Å². The largest absolute Gasteiger partial charge is 0.312 e. The van der Waals surface area contributed by atoms with Crippen molar-refractivity contribution >= 4 is 15.9 Å². The van der Waals surface area contributed by atoms with Crippen LogP contribution in [0.4, 0.5) is 0 Å². The van der Waals surface area contributed by atoms with E-state index in [2.05, 4.69) is 78.4 Å². The molecule has 0 spiro atoms. The van der Waals surface area contributed by atoms with Crippen LogP contribution in [0.3, 0.4) is 0 Å². The fourth-order valence-corrected chi connectivity index (χ4v) is 2.32. The van der Waals surface area contributed by atoms with Crippen molar-refractivity contribution in [3.8, 4) is 0 Å². The van der Waals surface area contributed by atoms with Gasteiger partial charge in [0, 0.05) is 24.1 Å². The summed E-state index contributed by atoms with van der Waals surface area (Å²) in [6.45, 7) is 7.65. The highest BCUT2D eigenvalue weighted by molar-refractivity contribution is 9.10. The molecule has 0 saturated heterocycles. The molecule has 1 aromatic rings. The first kappa shape index (κ1) is 14.7. The van der Waals surface area contributed by atoms with Crippen molar-refractivity contribution in [2.75, 3.05) is 27.2 Å². The van der Waals surface area contributed by atoms with E-state index in [1.165, 1.54) is 5.56 Å². The molecule has 0 aromatic heterocycles. The Balaban J connectivity index is 2.34. The Bertz CT molecular complexity index is 331. The first-order valence-corrected chi connectivity index (χ1v) is 6.78. The van der Waals surface area contributed by atoms with Crippen LogP contribution in [0.2, 0.25) is 0 Å². The van der Waals surface area contributed by atoms with Gasteiger partial charge in [-0.15, -0.1) is 0 Å². The third kappa shape index (κ3) is 6.20. The van der Waals surface area contributed by atoms with Crippen LogP contribution in [0.25, 0.3) is 0 Å². The van der Waals surface area contributed by atoms with E-state index >= 15 is 0 Å². The fraction of sp³-hybridized carbons (Fsp3) is 0.571. The van der Waals surface area contributed by atoms with E-state index < -0.39 is 0 Å². The summed E-state index contributed by atoms with van der Waals surface area (Å²) in [6, 6.07) is 8.47. The summed E-state index contributed by atoms with van der Waals surface area (Å²) in [5.41, 5.74) is 1.63. The molecule has 0 saturated carbocycles. The molecule has 0 radical (unpaired) electrons. The fourth-order valence-electron chi connectivity index (χ4n) is 2.06. The van der Waals surface area contributed by atoms with Crippen molar-refractivity contribution in [1.29, 1.82) is 0 Å². The maximum atomic E-state index is 3.52. The number of rotatable bonds is 6. The van der Waals surface area contributed by atoms with Gasteiger partial charge in [0.05, 0.1) is 0 Å². The Morgan fingerprint density at radius 2 is 1.76 bits per heavy atom. The summed E-state index contributed by atoms with van der Waals surface area (Å²) in [4.78, 5) is 2.24. The zero-order chi connectivity index (χ0) is 12.9. The predicted molar refractivity (Wildman–Crippen MR) is 78.2 cm³/mol. The average Bonchev–Trinajstić information content (AvgIpc) is 2.18. The molecular weight excluding hydrogens is 276 g/mol. The van der Waals surface area contributed by atoms with Crippen molar-refractivity contribution in [2.45, 2.75) is 20.4 Å². The van der Waals surface area contributed by atoms with Crippen LogP contribution in [-0.2, 0) is 6.54 Å². The zero-order valence-corrected chi connectivity index (χ0v) is 12.8. The van der Waals surface area contributed by atoms with Gasteiger partial charge in [-0.2, -0.15) is 0 Å². The molecule has 2 nitrogen and oxygen atoms in total. The number of hydrogen-bond donors (Lipinski definition) is 1. The van der Waals surface area contributed by atoms with E-state index in [1.807, 2.05) is 0 Å². The van der Waals surface area contributed by atoms with Crippen molar-refractivity contribution in [3.05, 3.63) is 34.3 Å². The normalized spacial score (nSPS) is 12.1. The minimum absolute atomic E-state index is 0.304. The summed E-state index contributed by atoms with van der Waals surface area (Å²) < 4.78 is 1.13. The molecule has 17 heavy (non-hydrogen) atoms. The predicted octanol–water partition coefficient (Wildman–Crippen LogP) is 3.13. The topological polar surface area (TPSA) is 15.3 Å². The van der Waals surface area contributed by atoms with Crippen molar-refractivity contribution in [2.24, 2.45) is 5.41 Å².